The van der Waals surface area contributed by atoms with E-state index in [1.807, 2.05) is 60.7 Å². The van der Waals surface area contributed by atoms with Crippen LogP contribution >= 0.6 is 0 Å². The van der Waals surface area contributed by atoms with E-state index in [1.165, 1.54) is 6.07 Å². The van der Waals surface area contributed by atoms with E-state index in [1.54, 1.807) is 12.1 Å². The quantitative estimate of drug-likeness (QED) is 0.613. The van der Waals surface area contributed by atoms with Gasteiger partial charge in [0, 0.05) is 11.9 Å². The van der Waals surface area contributed by atoms with Crippen molar-refractivity contribution in [3.05, 3.63) is 89.8 Å². The zero-order chi connectivity index (χ0) is 18.2. The Bertz CT molecular complexity index is 906. The molecule has 3 nitrogen and oxygen atoms in total. The molecule has 0 aliphatic heterocycles. The number of carbonyl (C=O) groups excluding carboxylic acids is 1. The fourth-order valence-electron chi connectivity index (χ4n) is 2.67. The van der Waals surface area contributed by atoms with Crippen molar-refractivity contribution in [2.45, 2.75) is 13.0 Å². The molecule has 4 heteroatoms. The number of nitrogens with one attached hydrogen (secondary N) is 1. The number of carbonyl (C=O) groups is 1. The lowest BCUT2D eigenvalue weighted by Crippen LogP contribution is -2.24. The molecule has 0 heterocycles. The SMILES string of the molecule is O=C(NCCC=Cc1ccc(F)c2ccccc12)OCc1ccccc1. The Hall–Kier alpha value is -3.14. The molecule has 0 spiro atoms. The zero-order valence-electron chi connectivity index (χ0n) is 14.3. The molecule has 0 fully saturated rings. The van der Waals surface area contributed by atoms with Crippen molar-refractivity contribution in [1.82, 2.24) is 5.32 Å². The van der Waals surface area contributed by atoms with Gasteiger partial charge in [0.2, 0.25) is 0 Å². The largest absolute Gasteiger partial charge is 0.445 e. The van der Waals surface area contributed by atoms with Crippen LogP contribution in [-0.2, 0) is 11.3 Å². The predicted octanol–water partition coefficient (Wildman–Crippen LogP) is 5.31. The van der Waals surface area contributed by atoms with Gasteiger partial charge < -0.3 is 10.1 Å². The molecule has 132 valence electrons. The van der Waals surface area contributed by atoms with Crippen molar-refractivity contribution in [2.75, 3.05) is 6.54 Å². The molecule has 0 aliphatic carbocycles. The number of rotatable bonds is 6. The predicted molar refractivity (Wildman–Crippen MR) is 102 cm³/mol. The van der Waals surface area contributed by atoms with E-state index >= 15 is 0 Å². The van der Waals surface area contributed by atoms with Crippen LogP contribution in [0.3, 0.4) is 0 Å². The summed E-state index contributed by atoms with van der Waals surface area (Å²) >= 11 is 0. The molecule has 3 aromatic carbocycles. The second-order valence-electron chi connectivity index (χ2n) is 5.86. The fraction of sp³-hybridized carbons (Fsp3) is 0.136. The molecule has 0 saturated heterocycles. The minimum absolute atomic E-state index is 0.222. The minimum atomic E-state index is -0.436. The molecular formula is C22H20FNO2. The van der Waals surface area contributed by atoms with Gasteiger partial charge in [0.15, 0.2) is 0 Å². The second kappa shape index (κ2) is 8.81. The number of ether oxygens (including phenoxy) is 1. The van der Waals surface area contributed by atoms with Gasteiger partial charge in [-0.25, -0.2) is 9.18 Å². The van der Waals surface area contributed by atoms with Gasteiger partial charge in [0.1, 0.15) is 12.4 Å². The molecule has 0 bridgehead atoms. The van der Waals surface area contributed by atoms with E-state index in [0.29, 0.717) is 18.4 Å². The number of hydrogen-bond acceptors (Lipinski definition) is 2. The summed E-state index contributed by atoms with van der Waals surface area (Å²) < 4.78 is 19.0. The highest BCUT2D eigenvalue weighted by atomic mass is 19.1. The number of halogens is 1. The first-order valence-corrected chi connectivity index (χ1v) is 8.52. The average Bonchev–Trinajstić information content (AvgIpc) is 2.69. The van der Waals surface area contributed by atoms with E-state index in [-0.39, 0.29) is 12.4 Å². The van der Waals surface area contributed by atoms with Crippen LogP contribution in [0.2, 0.25) is 0 Å². The Morgan fingerprint density at radius 1 is 0.962 bits per heavy atom. The third kappa shape index (κ3) is 4.70. The van der Waals surface area contributed by atoms with Gasteiger partial charge in [0.05, 0.1) is 0 Å². The second-order valence-corrected chi connectivity index (χ2v) is 5.86. The van der Waals surface area contributed by atoms with Crippen molar-refractivity contribution in [2.24, 2.45) is 0 Å². The van der Waals surface area contributed by atoms with Gasteiger partial charge in [-0.15, -0.1) is 0 Å². The molecule has 3 aromatic rings. The van der Waals surface area contributed by atoms with Crippen molar-refractivity contribution in [3.63, 3.8) is 0 Å². The molecule has 1 N–H and O–H groups in total. The summed E-state index contributed by atoms with van der Waals surface area (Å²) in [6.07, 6.45) is 4.12. The summed E-state index contributed by atoms with van der Waals surface area (Å²) in [5.41, 5.74) is 1.90. The Kier molecular flexibility index (Phi) is 5.99. The van der Waals surface area contributed by atoms with E-state index in [4.69, 9.17) is 4.74 Å². The van der Waals surface area contributed by atoms with Crippen LogP contribution in [0.5, 0.6) is 0 Å². The third-order valence-corrected chi connectivity index (χ3v) is 4.00. The molecule has 0 aliphatic rings. The van der Waals surface area contributed by atoms with Gasteiger partial charge >= 0.3 is 6.09 Å². The van der Waals surface area contributed by atoms with Crippen LogP contribution < -0.4 is 5.32 Å². The van der Waals surface area contributed by atoms with Crippen LogP contribution in [0.25, 0.3) is 16.8 Å². The lowest BCUT2D eigenvalue weighted by atomic mass is 10.0. The summed E-state index contributed by atoms with van der Waals surface area (Å²) in [6, 6.07) is 20.2. The van der Waals surface area contributed by atoms with Crippen molar-refractivity contribution >= 4 is 22.9 Å². The van der Waals surface area contributed by atoms with Crippen LogP contribution in [0.15, 0.2) is 72.8 Å². The summed E-state index contributed by atoms with van der Waals surface area (Å²) in [5.74, 6) is -0.222. The fourth-order valence-corrected chi connectivity index (χ4v) is 2.67. The maximum Gasteiger partial charge on any atom is 0.407 e. The molecular weight excluding hydrogens is 329 g/mol. The molecule has 26 heavy (non-hydrogen) atoms. The van der Waals surface area contributed by atoms with Crippen LogP contribution in [0.4, 0.5) is 9.18 Å². The number of fused-ring (bicyclic) bond motifs is 1. The first-order chi connectivity index (χ1) is 12.7. The van der Waals surface area contributed by atoms with E-state index in [9.17, 15) is 9.18 Å². The average molecular weight is 349 g/mol. The lowest BCUT2D eigenvalue weighted by Gasteiger charge is -2.06. The minimum Gasteiger partial charge on any atom is -0.445 e. The van der Waals surface area contributed by atoms with Gasteiger partial charge in [-0.05, 0) is 29.0 Å². The summed E-state index contributed by atoms with van der Waals surface area (Å²) in [6.45, 7) is 0.729. The van der Waals surface area contributed by atoms with Crippen molar-refractivity contribution in [1.29, 1.82) is 0 Å². The monoisotopic (exact) mass is 349 g/mol. The van der Waals surface area contributed by atoms with Gasteiger partial charge in [-0.1, -0.05) is 72.8 Å². The summed E-state index contributed by atoms with van der Waals surface area (Å²) in [4.78, 5) is 11.7. The Morgan fingerprint density at radius 2 is 1.69 bits per heavy atom. The topological polar surface area (TPSA) is 38.3 Å². The van der Waals surface area contributed by atoms with E-state index in [0.717, 1.165) is 16.5 Å². The normalized spacial score (nSPS) is 11.0. The Morgan fingerprint density at radius 3 is 2.50 bits per heavy atom. The Balaban J connectivity index is 1.46. The van der Waals surface area contributed by atoms with Gasteiger partial charge in [-0.2, -0.15) is 0 Å². The highest BCUT2D eigenvalue weighted by Crippen LogP contribution is 2.22. The maximum atomic E-state index is 13.8. The number of hydrogen-bond donors (Lipinski definition) is 1. The number of alkyl carbamates (subject to hydrolysis) is 1. The van der Waals surface area contributed by atoms with Crippen molar-refractivity contribution in [3.8, 4) is 0 Å². The maximum absolute atomic E-state index is 13.8. The molecule has 3 rings (SSSR count). The van der Waals surface area contributed by atoms with Crippen LogP contribution in [0, 0.1) is 5.82 Å². The lowest BCUT2D eigenvalue weighted by molar-refractivity contribution is 0.140. The third-order valence-electron chi connectivity index (χ3n) is 4.00. The molecule has 0 radical (unpaired) electrons. The molecule has 0 atom stereocenters. The summed E-state index contributed by atoms with van der Waals surface area (Å²) in [5, 5.41) is 4.20. The Labute approximate surface area is 152 Å². The number of amides is 1. The first-order valence-electron chi connectivity index (χ1n) is 8.52. The van der Waals surface area contributed by atoms with Gasteiger partial charge in [-0.3, -0.25) is 0 Å². The molecule has 0 saturated carbocycles. The zero-order valence-corrected chi connectivity index (χ0v) is 14.3. The smallest absolute Gasteiger partial charge is 0.407 e. The van der Waals surface area contributed by atoms with Crippen LogP contribution in [0.1, 0.15) is 17.5 Å². The van der Waals surface area contributed by atoms with Crippen molar-refractivity contribution < 1.29 is 13.9 Å². The molecule has 0 unspecified atom stereocenters. The van der Waals surface area contributed by atoms with Crippen LogP contribution in [-0.4, -0.2) is 12.6 Å². The van der Waals surface area contributed by atoms with E-state index < -0.39 is 6.09 Å². The van der Waals surface area contributed by atoms with E-state index in [2.05, 4.69) is 5.32 Å². The molecule has 0 aromatic heterocycles. The van der Waals surface area contributed by atoms with Gasteiger partial charge in [0.25, 0.3) is 0 Å². The molecule has 1 amide bonds. The number of benzene rings is 3. The summed E-state index contributed by atoms with van der Waals surface area (Å²) in [7, 11) is 0. The standard InChI is InChI=1S/C22H20FNO2/c23-21-14-13-18(19-11-4-5-12-20(19)21)10-6-7-15-24-22(25)26-16-17-8-2-1-3-9-17/h1-6,8-14H,7,15-16H2,(H,24,25). The highest BCUT2D eigenvalue weighted by molar-refractivity contribution is 5.91. The first kappa shape index (κ1) is 17.7. The highest BCUT2D eigenvalue weighted by Gasteiger charge is 2.03.